The number of ether oxygens (including phenoxy) is 3. The van der Waals surface area contributed by atoms with E-state index in [1.165, 1.54) is 0 Å². The molecule has 1 saturated heterocycles. The molecule has 2 heterocycles. The van der Waals surface area contributed by atoms with E-state index in [1.54, 1.807) is 13.8 Å². The van der Waals surface area contributed by atoms with Crippen molar-refractivity contribution in [2.45, 2.75) is 50.0 Å². The van der Waals surface area contributed by atoms with Crippen LogP contribution in [0.4, 0.5) is 0 Å². The SMILES string of the molecule is CCC(=O)OC[C@@H]1O[C@H](n2nc(Br)c(=O)[nH]c2=O)[C@@H](Br)[C@H]1OC(=O)CC. The van der Waals surface area contributed by atoms with Gasteiger partial charge in [-0.3, -0.25) is 19.4 Å². The Bertz CT molecular complexity index is 793. The molecule has 10 nitrogen and oxygen atoms in total. The molecule has 2 rings (SSSR count). The molecule has 0 radical (unpaired) electrons. The van der Waals surface area contributed by atoms with Gasteiger partial charge in [0.2, 0.25) is 0 Å². The first-order valence-corrected chi connectivity index (χ1v) is 9.52. The minimum Gasteiger partial charge on any atom is -0.463 e. The Balaban J connectivity index is 2.30. The van der Waals surface area contributed by atoms with Gasteiger partial charge in [0, 0.05) is 12.8 Å². The van der Waals surface area contributed by atoms with Gasteiger partial charge in [-0.05, 0) is 15.9 Å². The Hall–Kier alpha value is -1.53. The number of hydrogen-bond acceptors (Lipinski definition) is 8. The number of H-pyrrole nitrogens is 1. The van der Waals surface area contributed by atoms with Crippen molar-refractivity contribution in [2.75, 3.05) is 6.61 Å². The summed E-state index contributed by atoms with van der Waals surface area (Å²) < 4.78 is 17.0. The van der Waals surface area contributed by atoms with Gasteiger partial charge in [0.1, 0.15) is 23.6 Å². The number of nitrogens with one attached hydrogen (secondary N) is 1. The van der Waals surface area contributed by atoms with Crippen molar-refractivity contribution in [1.29, 1.82) is 0 Å². The van der Waals surface area contributed by atoms with Crippen LogP contribution in [0, 0.1) is 0 Å². The fourth-order valence-electron chi connectivity index (χ4n) is 2.24. The van der Waals surface area contributed by atoms with E-state index in [1.807, 2.05) is 0 Å². The first-order chi connectivity index (χ1) is 12.3. The number of aromatic nitrogens is 3. The normalized spacial score (nSPS) is 25.1. The number of carbonyl (C=O) groups excluding carboxylic acids is 2. The van der Waals surface area contributed by atoms with Crippen molar-refractivity contribution < 1.29 is 23.8 Å². The molecule has 12 heteroatoms. The van der Waals surface area contributed by atoms with Crippen molar-refractivity contribution in [3.63, 3.8) is 0 Å². The van der Waals surface area contributed by atoms with Crippen LogP contribution < -0.4 is 11.2 Å². The molecule has 0 aliphatic carbocycles. The van der Waals surface area contributed by atoms with Crippen LogP contribution in [0.3, 0.4) is 0 Å². The third-order valence-electron chi connectivity index (χ3n) is 3.57. The highest BCUT2D eigenvalue weighted by Gasteiger charge is 2.48. The predicted octanol–water partition coefficient (Wildman–Crippen LogP) is 0.630. The molecule has 0 spiro atoms. The lowest BCUT2D eigenvalue weighted by molar-refractivity contribution is -0.158. The number of rotatable bonds is 6. The third-order valence-corrected chi connectivity index (χ3v) is 5.06. The van der Waals surface area contributed by atoms with Gasteiger partial charge in [-0.15, -0.1) is 0 Å². The second-order valence-corrected chi connectivity index (χ2v) is 7.16. The number of halogens is 2. The van der Waals surface area contributed by atoms with Gasteiger partial charge in [-0.2, -0.15) is 9.78 Å². The van der Waals surface area contributed by atoms with Crippen LogP contribution in [0.5, 0.6) is 0 Å². The molecule has 0 unspecified atom stereocenters. The molecule has 0 saturated carbocycles. The minimum atomic E-state index is -0.990. The second kappa shape index (κ2) is 8.91. The van der Waals surface area contributed by atoms with E-state index in [0.29, 0.717) is 0 Å². The first-order valence-electron chi connectivity index (χ1n) is 7.81. The molecule has 0 bridgehead atoms. The lowest BCUT2D eigenvalue weighted by atomic mass is 10.2. The highest BCUT2D eigenvalue weighted by atomic mass is 79.9. The van der Waals surface area contributed by atoms with E-state index >= 15 is 0 Å². The van der Waals surface area contributed by atoms with E-state index in [9.17, 15) is 19.2 Å². The fraction of sp³-hybridized carbons (Fsp3) is 0.643. The molecule has 26 heavy (non-hydrogen) atoms. The summed E-state index contributed by atoms with van der Waals surface area (Å²) in [5.74, 6) is -0.913. The number of nitrogens with zero attached hydrogens (tertiary/aromatic N) is 2. The molecule has 1 N–H and O–H groups in total. The quantitative estimate of drug-likeness (QED) is 0.446. The standard InChI is InChI=1S/C14H17Br2N3O7/c1-3-7(20)24-5-6-10(26-8(21)4-2)9(15)13(25-6)19-14(23)17-12(22)11(16)18-19/h6,9-10,13H,3-5H2,1-2H3,(H,17,22,23)/t6-,9-,10-,13-/m0/s1. The molecule has 4 atom stereocenters. The summed E-state index contributed by atoms with van der Waals surface area (Å²) in [5, 5.41) is 3.86. The molecule has 1 aliphatic rings. The summed E-state index contributed by atoms with van der Waals surface area (Å²) in [7, 11) is 0. The highest BCUT2D eigenvalue weighted by molar-refractivity contribution is 9.10. The maximum Gasteiger partial charge on any atom is 0.347 e. The number of esters is 2. The summed E-state index contributed by atoms with van der Waals surface area (Å²) >= 11 is 6.31. The largest absolute Gasteiger partial charge is 0.463 e. The van der Waals surface area contributed by atoms with Crippen LogP contribution >= 0.6 is 31.9 Å². The molecule has 0 aromatic carbocycles. The Kier molecular flexibility index (Phi) is 7.12. The Morgan fingerprint density at radius 2 is 1.92 bits per heavy atom. The highest BCUT2D eigenvalue weighted by Crippen LogP contribution is 2.36. The van der Waals surface area contributed by atoms with E-state index in [0.717, 1.165) is 4.68 Å². The van der Waals surface area contributed by atoms with Gasteiger partial charge >= 0.3 is 17.6 Å². The zero-order chi connectivity index (χ0) is 19.4. The molecule has 1 aromatic rings. The van der Waals surface area contributed by atoms with Crippen molar-refractivity contribution in [1.82, 2.24) is 14.8 Å². The average Bonchev–Trinajstić information content (AvgIpc) is 2.91. The lowest BCUT2D eigenvalue weighted by Gasteiger charge is -2.20. The van der Waals surface area contributed by atoms with Crippen LogP contribution in [0.15, 0.2) is 14.2 Å². The maximum atomic E-state index is 12.1. The van der Waals surface area contributed by atoms with Gasteiger partial charge in [0.15, 0.2) is 10.8 Å². The first kappa shape index (κ1) is 20.8. The molecule has 1 aliphatic heterocycles. The van der Waals surface area contributed by atoms with Crippen molar-refractivity contribution in [2.24, 2.45) is 0 Å². The summed E-state index contributed by atoms with van der Waals surface area (Å²) in [6, 6.07) is 0. The van der Waals surface area contributed by atoms with E-state index in [2.05, 4.69) is 41.9 Å². The zero-order valence-corrected chi connectivity index (χ0v) is 17.1. The topological polar surface area (TPSA) is 130 Å². The van der Waals surface area contributed by atoms with Gasteiger partial charge in [0.05, 0.1) is 0 Å². The van der Waals surface area contributed by atoms with Crippen LogP contribution in [0.1, 0.15) is 32.9 Å². The number of hydrogen-bond donors (Lipinski definition) is 1. The van der Waals surface area contributed by atoms with Gasteiger partial charge in [0.25, 0.3) is 5.56 Å². The van der Waals surface area contributed by atoms with Crippen LogP contribution in [-0.4, -0.2) is 50.3 Å². The van der Waals surface area contributed by atoms with Gasteiger partial charge < -0.3 is 14.2 Å². The van der Waals surface area contributed by atoms with Crippen LogP contribution in [-0.2, 0) is 23.8 Å². The molecule has 144 valence electrons. The van der Waals surface area contributed by atoms with Gasteiger partial charge in [-0.25, -0.2) is 4.79 Å². The summed E-state index contributed by atoms with van der Waals surface area (Å²) in [5.41, 5.74) is -1.47. The monoisotopic (exact) mass is 497 g/mol. The van der Waals surface area contributed by atoms with E-state index in [4.69, 9.17) is 14.2 Å². The molecule has 0 amide bonds. The smallest absolute Gasteiger partial charge is 0.347 e. The summed E-state index contributed by atoms with van der Waals surface area (Å²) in [6.45, 7) is 3.12. The number of alkyl halides is 1. The second-order valence-electron chi connectivity index (χ2n) is 5.35. The number of aromatic amines is 1. The van der Waals surface area contributed by atoms with Crippen molar-refractivity contribution in [3.8, 4) is 0 Å². The molecular weight excluding hydrogens is 482 g/mol. The fourth-order valence-corrected chi connectivity index (χ4v) is 3.31. The Morgan fingerprint density at radius 1 is 1.27 bits per heavy atom. The minimum absolute atomic E-state index is 0.108. The summed E-state index contributed by atoms with van der Waals surface area (Å²) in [6.07, 6.45) is -2.30. The molecule has 1 fully saturated rings. The van der Waals surface area contributed by atoms with Gasteiger partial charge in [-0.1, -0.05) is 29.8 Å². The average molecular weight is 499 g/mol. The van der Waals surface area contributed by atoms with E-state index < -0.39 is 46.5 Å². The predicted molar refractivity (Wildman–Crippen MR) is 94.9 cm³/mol. The zero-order valence-electron chi connectivity index (χ0n) is 13.9. The maximum absolute atomic E-state index is 12.1. The Morgan fingerprint density at radius 3 is 2.54 bits per heavy atom. The van der Waals surface area contributed by atoms with Crippen LogP contribution in [0.2, 0.25) is 0 Å². The van der Waals surface area contributed by atoms with Crippen molar-refractivity contribution >= 4 is 43.8 Å². The third kappa shape index (κ3) is 4.60. The number of carbonyl (C=O) groups is 2. The molecule has 1 aromatic heterocycles. The summed E-state index contributed by atoms with van der Waals surface area (Å²) in [4.78, 5) is 48.1. The molecular formula is C14H17Br2N3O7. The van der Waals surface area contributed by atoms with E-state index in [-0.39, 0.29) is 24.1 Å². The lowest BCUT2D eigenvalue weighted by Crippen LogP contribution is -2.39. The Labute approximate surface area is 164 Å². The van der Waals surface area contributed by atoms with Crippen molar-refractivity contribution in [3.05, 3.63) is 25.4 Å². The van der Waals surface area contributed by atoms with Crippen LogP contribution in [0.25, 0.3) is 0 Å².